The van der Waals surface area contributed by atoms with Crippen LogP contribution < -0.4 is 15.0 Å². The summed E-state index contributed by atoms with van der Waals surface area (Å²) in [6.07, 6.45) is 7.43. The van der Waals surface area contributed by atoms with E-state index in [0.29, 0.717) is 19.5 Å². The fourth-order valence-electron chi connectivity index (χ4n) is 6.64. The van der Waals surface area contributed by atoms with Crippen molar-refractivity contribution in [3.8, 4) is 5.75 Å². The topological polar surface area (TPSA) is 58.6 Å². The lowest BCUT2D eigenvalue weighted by Gasteiger charge is -2.55. The Morgan fingerprint density at radius 1 is 1.06 bits per heavy atom. The fraction of sp³-hybridized carbons (Fsp3) is 0.538. The Kier molecular flexibility index (Phi) is 5.97. The Morgan fingerprint density at radius 2 is 1.72 bits per heavy atom. The maximum absolute atomic E-state index is 13.2. The molecule has 4 saturated carbocycles. The molecule has 1 heterocycles. The third kappa shape index (κ3) is 4.29. The van der Waals surface area contributed by atoms with Crippen molar-refractivity contribution in [1.82, 2.24) is 5.32 Å². The molecule has 4 fully saturated rings. The van der Waals surface area contributed by atoms with Crippen molar-refractivity contribution in [2.24, 2.45) is 23.2 Å². The number of rotatable bonds is 8. The number of anilines is 1. The monoisotopic (exact) mass is 452 g/mol. The van der Waals surface area contributed by atoms with E-state index in [1.165, 1.54) is 19.3 Å². The normalized spacial score (nSPS) is 27.8. The van der Waals surface area contributed by atoms with Gasteiger partial charge in [-0.25, -0.2) is 0 Å². The lowest BCUT2D eigenvalue weighted by Crippen LogP contribution is -2.53. The average molecular weight is 453 g/mol. The van der Waals surface area contributed by atoms with Crippen molar-refractivity contribution >= 4 is 28.8 Å². The van der Waals surface area contributed by atoms with Crippen LogP contribution in [0.5, 0.6) is 5.75 Å². The minimum Gasteiger partial charge on any atom is -0.497 e. The van der Waals surface area contributed by atoms with E-state index in [4.69, 9.17) is 4.74 Å². The summed E-state index contributed by atoms with van der Waals surface area (Å²) in [7, 11) is 1.63. The van der Waals surface area contributed by atoms with Gasteiger partial charge >= 0.3 is 0 Å². The Hall–Kier alpha value is -2.34. The van der Waals surface area contributed by atoms with E-state index in [1.807, 2.05) is 46.7 Å². The van der Waals surface area contributed by atoms with Crippen LogP contribution >= 0.6 is 11.3 Å². The molecule has 1 aromatic heterocycles. The zero-order valence-corrected chi connectivity index (χ0v) is 19.5. The first-order valence-corrected chi connectivity index (χ1v) is 12.7. The van der Waals surface area contributed by atoms with Gasteiger partial charge in [-0.15, -0.1) is 11.3 Å². The van der Waals surface area contributed by atoms with Crippen LogP contribution in [0.4, 0.5) is 5.69 Å². The number of amides is 2. The summed E-state index contributed by atoms with van der Waals surface area (Å²) >= 11 is 1.64. The van der Waals surface area contributed by atoms with Crippen LogP contribution in [0, 0.1) is 23.2 Å². The van der Waals surface area contributed by atoms with Crippen molar-refractivity contribution < 1.29 is 14.3 Å². The molecule has 0 aliphatic heterocycles. The minimum atomic E-state index is -0.162. The molecule has 4 aliphatic carbocycles. The van der Waals surface area contributed by atoms with E-state index in [9.17, 15) is 9.59 Å². The highest BCUT2D eigenvalue weighted by molar-refractivity contribution is 7.09. The van der Waals surface area contributed by atoms with Crippen LogP contribution in [-0.4, -0.2) is 25.5 Å². The highest BCUT2D eigenvalue weighted by Crippen LogP contribution is 2.60. The highest BCUT2D eigenvalue weighted by atomic mass is 32.1. The Labute approximate surface area is 194 Å². The van der Waals surface area contributed by atoms with Crippen molar-refractivity contribution in [2.75, 3.05) is 18.6 Å². The number of hydrogen-bond donors (Lipinski definition) is 1. The third-order valence-electron chi connectivity index (χ3n) is 7.72. The molecule has 6 rings (SSSR count). The van der Waals surface area contributed by atoms with Crippen LogP contribution in [-0.2, 0) is 16.1 Å². The van der Waals surface area contributed by atoms with Gasteiger partial charge in [0, 0.05) is 28.9 Å². The molecule has 2 amide bonds. The SMILES string of the molecule is COc1ccc(N(Cc2cccs2)C(=O)CCNC(=O)C23CC4CC(CC(C4)C2)C3)cc1. The van der Waals surface area contributed by atoms with Crippen molar-refractivity contribution in [1.29, 1.82) is 0 Å². The number of benzene rings is 1. The number of nitrogens with one attached hydrogen (secondary N) is 1. The molecular weight excluding hydrogens is 420 g/mol. The van der Waals surface area contributed by atoms with Crippen molar-refractivity contribution in [3.63, 3.8) is 0 Å². The summed E-state index contributed by atoms with van der Waals surface area (Å²) in [5.41, 5.74) is 0.682. The van der Waals surface area contributed by atoms with E-state index in [2.05, 4.69) is 5.32 Å². The molecule has 0 atom stereocenters. The molecule has 0 unspecified atom stereocenters. The predicted molar refractivity (Wildman–Crippen MR) is 127 cm³/mol. The van der Waals surface area contributed by atoms with Crippen LogP contribution in [0.25, 0.3) is 0 Å². The molecule has 2 aromatic rings. The zero-order valence-electron chi connectivity index (χ0n) is 18.7. The predicted octanol–water partition coefficient (Wildman–Crippen LogP) is 5.01. The molecule has 5 nitrogen and oxygen atoms in total. The molecule has 4 aliphatic rings. The second-order valence-corrected chi connectivity index (χ2v) is 11.0. The second-order valence-electron chi connectivity index (χ2n) is 9.96. The smallest absolute Gasteiger partial charge is 0.229 e. The Bertz CT molecular complexity index is 919. The van der Waals surface area contributed by atoms with E-state index in [0.717, 1.165) is 53.3 Å². The lowest BCUT2D eigenvalue weighted by atomic mass is 9.49. The summed E-state index contributed by atoms with van der Waals surface area (Å²) < 4.78 is 5.26. The summed E-state index contributed by atoms with van der Waals surface area (Å²) in [6, 6.07) is 11.6. The quantitative estimate of drug-likeness (QED) is 0.612. The van der Waals surface area contributed by atoms with Gasteiger partial charge < -0.3 is 15.0 Å². The molecule has 170 valence electrons. The van der Waals surface area contributed by atoms with E-state index < -0.39 is 0 Å². The number of carbonyl (C=O) groups is 2. The van der Waals surface area contributed by atoms with Crippen molar-refractivity contribution in [2.45, 2.75) is 51.5 Å². The van der Waals surface area contributed by atoms with E-state index >= 15 is 0 Å². The molecule has 4 bridgehead atoms. The number of ether oxygens (including phenoxy) is 1. The maximum atomic E-state index is 13.2. The standard InChI is InChI=1S/C26H32N2O3S/c1-31-22-6-4-21(5-7-22)28(17-23-3-2-10-32-23)24(29)8-9-27-25(30)26-14-18-11-19(15-26)13-20(12-18)16-26/h2-7,10,18-20H,8-9,11-17H2,1H3,(H,27,30). The molecule has 32 heavy (non-hydrogen) atoms. The van der Waals surface area contributed by atoms with Gasteiger partial charge in [-0.2, -0.15) is 0 Å². The number of nitrogens with zero attached hydrogens (tertiary/aromatic N) is 1. The number of hydrogen-bond acceptors (Lipinski definition) is 4. The van der Waals surface area contributed by atoms with Crippen LogP contribution in [0.2, 0.25) is 0 Å². The molecule has 0 saturated heterocycles. The maximum Gasteiger partial charge on any atom is 0.229 e. The highest BCUT2D eigenvalue weighted by Gasteiger charge is 2.54. The fourth-order valence-corrected chi connectivity index (χ4v) is 7.33. The van der Waals surface area contributed by atoms with Crippen LogP contribution in [0.3, 0.4) is 0 Å². The number of carbonyl (C=O) groups excluding carboxylic acids is 2. The molecule has 0 radical (unpaired) electrons. The summed E-state index contributed by atoms with van der Waals surface area (Å²) in [5.74, 6) is 3.20. The first-order valence-electron chi connectivity index (χ1n) is 11.8. The Balaban J connectivity index is 1.22. The molecule has 1 N–H and O–H groups in total. The largest absolute Gasteiger partial charge is 0.497 e. The second kappa shape index (κ2) is 8.89. The molecule has 6 heteroatoms. The number of thiophene rings is 1. The van der Waals surface area contributed by atoms with Gasteiger partial charge in [-0.3, -0.25) is 9.59 Å². The van der Waals surface area contributed by atoms with Gasteiger partial charge in [-0.1, -0.05) is 6.07 Å². The molecular formula is C26H32N2O3S. The third-order valence-corrected chi connectivity index (χ3v) is 8.58. The Morgan fingerprint density at radius 3 is 2.28 bits per heavy atom. The minimum absolute atomic E-state index is 0.0226. The zero-order chi connectivity index (χ0) is 22.1. The van der Waals surface area contributed by atoms with Gasteiger partial charge in [0.05, 0.1) is 13.7 Å². The average Bonchev–Trinajstić information content (AvgIpc) is 3.30. The van der Waals surface area contributed by atoms with Gasteiger partial charge in [0.15, 0.2) is 0 Å². The van der Waals surface area contributed by atoms with Crippen LogP contribution in [0.15, 0.2) is 41.8 Å². The van der Waals surface area contributed by atoms with Gasteiger partial charge in [0.1, 0.15) is 5.75 Å². The summed E-state index contributed by atoms with van der Waals surface area (Å²) in [4.78, 5) is 29.3. The van der Waals surface area contributed by atoms with Gasteiger partial charge in [-0.05, 0) is 92.0 Å². The first-order chi connectivity index (χ1) is 15.5. The first kappa shape index (κ1) is 21.5. The van der Waals surface area contributed by atoms with Gasteiger partial charge in [0.2, 0.25) is 11.8 Å². The van der Waals surface area contributed by atoms with Crippen LogP contribution in [0.1, 0.15) is 49.8 Å². The summed E-state index contributed by atoms with van der Waals surface area (Å²) in [6.45, 7) is 0.933. The van der Waals surface area contributed by atoms with E-state index in [1.54, 1.807) is 18.4 Å². The van der Waals surface area contributed by atoms with E-state index in [-0.39, 0.29) is 17.2 Å². The summed E-state index contributed by atoms with van der Waals surface area (Å²) in [5, 5.41) is 5.18. The lowest BCUT2D eigenvalue weighted by molar-refractivity contribution is -0.146. The van der Waals surface area contributed by atoms with Gasteiger partial charge in [0.25, 0.3) is 0 Å². The van der Waals surface area contributed by atoms with Crippen molar-refractivity contribution in [3.05, 3.63) is 46.7 Å². The number of methoxy groups -OCH3 is 1. The molecule has 1 aromatic carbocycles. The molecule has 0 spiro atoms.